The summed E-state index contributed by atoms with van der Waals surface area (Å²) in [6, 6.07) is 1.41. The molecular formula is C25H38N4O6. The monoisotopic (exact) mass is 490 g/mol. The SMILES string of the molecule is CCOC(=O)C[C@@H](C)NC(=O)CN(C(=O)CCCc1ccnc(C(=O)OC(C)(C)C)c1N)C1CC1. The third kappa shape index (κ3) is 9.54. The van der Waals surface area contributed by atoms with Crippen molar-refractivity contribution >= 4 is 29.4 Å². The summed E-state index contributed by atoms with van der Waals surface area (Å²) in [4.78, 5) is 54.9. The second kappa shape index (κ2) is 12.5. The van der Waals surface area contributed by atoms with Crippen LogP contribution in [0.5, 0.6) is 0 Å². The summed E-state index contributed by atoms with van der Waals surface area (Å²) in [6.07, 6.45) is 4.55. The van der Waals surface area contributed by atoms with Crippen LogP contribution in [0.2, 0.25) is 0 Å². The fourth-order valence-electron chi connectivity index (χ4n) is 3.60. The average Bonchev–Trinajstić information content (AvgIpc) is 3.57. The summed E-state index contributed by atoms with van der Waals surface area (Å²) in [6.45, 7) is 9.00. The molecule has 0 bridgehead atoms. The molecule has 10 nitrogen and oxygen atoms in total. The molecule has 1 fully saturated rings. The minimum Gasteiger partial charge on any atom is -0.466 e. The van der Waals surface area contributed by atoms with Gasteiger partial charge in [0, 0.05) is 24.7 Å². The van der Waals surface area contributed by atoms with E-state index in [9.17, 15) is 19.2 Å². The van der Waals surface area contributed by atoms with Crippen LogP contribution in [0.15, 0.2) is 12.3 Å². The van der Waals surface area contributed by atoms with Crippen molar-refractivity contribution in [1.82, 2.24) is 15.2 Å². The zero-order valence-electron chi connectivity index (χ0n) is 21.4. The molecule has 0 radical (unpaired) electrons. The predicted octanol–water partition coefficient (Wildman–Crippen LogP) is 2.39. The first kappa shape index (κ1) is 28.1. The van der Waals surface area contributed by atoms with Crippen molar-refractivity contribution in [3.8, 4) is 0 Å². The lowest BCUT2D eigenvalue weighted by Gasteiger charge is -2.23. The summed E-state index contributed by atoms with van der Waals surface area (Å²) in [5.74, 6) is -1.38. The van der Waals surface area contributed by atoms with Gasteiger partial charge in [-0.15, -0.1) is 0 Å². The molecule has 1 atom stereocenters. The molecule has 194 valence electrons. The van der Waals surface area contributed by atoms with Gasteiger partial charge < -0.3 is 25.4 Å². The number of amides is 2. The molecular weight excluding hydrogens is 452 g/mol. The Labute approximate surface area is 206 Å². The first-order valence-corrected chi connectivity index (χ1v) is 12.1. The number of nitrogen functional groups attached to an aromatic ring is 1. The van der Waals surface area contributed by atoms with Crippen LogP contribution in [-0.2, 0) is 30.3 Å². The Balaban J connectivity index is 1.89. The van der Waals surface area contributed by atoms with Crippen LogP contribution in [0.1, 0.15) is 82.8 Å². The van der Waals surface area contributed by atoms with Gasteiger partial charge in [-0.1, -0.05) is 0 Å². The van der Waals surface area contributed by atoms with Gasteiger partial charge in [0.25, 0.3) is 0 Å². The topological polar surface area (TPSA) is 141 Å². The molecule has 0 aliphatic heterocycles. The maximum Gasteiger partial charge on any atom is 0.359 e. The highest BCUT2D eigenvalue weighted by Gasteiger charge is 2.33. The highest BCUT2D eigenvalue weighted by Crippen LogP contribution is 2.28. The third-order valence-electron chi connectivity index (χ3n) is 5.32. The Morgan fingerprint density at radius 2 is 1.94 bits per heavy atom. The number of carbonyl (C=O) groups is 4. The van der Waals surface area contributed by atoms with Crippen molar-refractivity contribution in [3.05, 3.63) is 23.5 Å². The zero-order chi connectivity index (χ0) is 26.2. The summed E-state index contributed by atoms with van der Waals surface area (Å²) in [5.41, 5.74) is 6.53. The number of nitrogens with one attached hydrogen (secondary N) is 1. The summed E-state index contributed by atoms with van der Waals surface area (Å²) >= 11 is 0. The highest BCUT2D eigenvalue weighted by atomic mass is 16.6. The molecule has 35 heavy (non-hydrogen) atoms. The molecule has 1 aliphatic carbocycles. The molecule has 0 spiro atoms. The number of nitrogens with two attached hydrogens (primary N) is 1. The van der Waals surface area contributed by atoms with E-state index in [1.807, 2.05) is 0 Å². The van der Waals surface area contributed by atoms with Crippen molar-refractivity contribution < 1.29 is 28.7 Å². The van der Waals surface area contributed by atoms with E-state index in [1.165, 1.54) is 6.20 Å². The number of pyridine rings is 1. The number of carbonyl (C=O) groups excluding carboxylic acids is 4. The van der Waals surface area contributed by atoms with Crippen LogP contribution in [-0.4, -0.2) is 64.5 Å². The fourth-order valence-corrected chi connectivity index (χ4v) is 3.60. The molecule has 0 unspecified atom stereocenters. The number of rotatable bonds is 12. The molecule has 0 saturated heterocycles. The van der Waals surface area contributed by atoms with E-state index in [4.69, 9.17) is 15.2 Å². The summed E-state index contributed by atoms with van der Waals surface area (Å²) < 4.78 is 10.3. The van der Waals surface area contributed by atoms with Crippen LogP contribution < -0.4 is 11.1 Å². The lowest BCUT2D eigenvalue weighted by Crippen LogP contribution is -2.45. The van der Waals surface area contributed by atoms with Crippen LogP contribution in [0.4, 0.5) is 5.69 Å². The number of nitrogens with zero attached hydrogens (tertiary/aromatic N) is 2. The van der Waals surface area contributed by atoms with E-state index in [0.29, 0.717) is 12.8 Å². The van der Waals surface area contributed by atoms with Gasteiger partial charge in [-0.2, -0.15) is 0 Å². The van der Waals surface area contributed by atoms with Crippen LogP contribution in [0, 0.1) is 0 Å². The molecule has 1 aromatic rings. The van der Waals surface area contributed by atoms with E-state index < -0.39 is 11.6 Å². The molecule has 2 amide bonds. The second-order valence-corrected chi connectivity index (χ2v) is 9.82. The third-order valence-corrected chi connectivity index (χ3v) is 5.32. The molecule has 1 saturated carbocycles. The molecule has 2 rings (SSSR count). The van der Waals surface area contributed by atoms with E-state index in [-0.39, 0.29) is 67.2 Å². The number of esters is 2. The Hall–Kier alpha value is -3.17. The molecule has 1 heterocycles. The van der Waals surface area contributed by atoms with Crippen LogP contribution in [0.25, 0.3) is 0 Å². The first-order valence-electron chi connectivity index (χ1n) is 12.1. The normalized spacial score (nSPS) is 14.1. The summed E-state index contributed by atoms with van der Waals surface area (Å²) in [5, 5.41) is 2.76. The predicted molar refractivity (Wildman–Crippen MR) is 130 cm³/mol. The Kier molecular flexibility index (Phi) is 10.0. The maximum absolute atomic E-state index is 12.9. The van der Waals surface area contributed by atoms with E-state index in [0.717, 1.165) is 18.4 Å². The van der Waals surface area contributed by atoms with E-state index in [1.54, 1.807) is 45.6 Å². The number of hydrogen-bond donors (Lipinski definition) is 2. The van der Waals surface area contributed by atoms with Crippen molar-refractivity contribution in [2.45, 2.75) is 90.8 Å². The number of aryl methyl sites for hydroxylation is 1. The van der Waals surface area contributed by atoms with Gasteiger partial charge in [0.05, 0.1) is 25.3 Å². The lowest BCUT2D eigenvalue weighted by atomic mass is 10.1. The quantitative estimate of drug-likeness (QED) is 0.426. The largest absolute Gasteiger partial charge is 0.466 e. The van der Waals surface area contributed by atoms with Crippen molar-refractivity contribution in [2.24, 2.45) is 0 Å². The Morgan fingerprint density at radius 1 is 1.26 bits per heavy atom. The van der Waals surface area contributed by atoms with Crippen LogP contribution in [0.3, 0.4) is 0 Å². The maximum atomic E-state index is 12.9. The lowest BCUT2D eigenvalue weighted by molar-refractivity contribution is -0.144. The van der Waals surface area contributed by atoms with Crippen LogP contribution >= 0.6 is 0 Å². The second-order valence-electron chi connectivity index (χ2n) is 9.82. The highest BCUT2D eigenvalue weighted by molar-refractivity contribution is 5.93. The minimum absolute atomic E-state index is 0.0448. The van der Waals surface area contributed by atoms with Gasteiger partial charge in [-0.25, -0.2) is 9.78 Å². The molecule has 1 aliphatic rings. The summed E-state index contributed by atoms with van der Waals surface area (Å²) in [7, 11) is 0. The van der Waals surface area contributed by atoms with Gasteiger partial charge >= 0.3 is 11.9 Å². The number of ether oxygens (including phenoxy) is 2. The van der Waals surface area contributed by atoms with E-state index >= 15 is 0 Å². The number of aromatic nitrogens is 1. The van der Waals surface area contributed by atoms with Gasteiger partial charge in [-0.3, -0.25) is 14.4 Å². The molecule has 10 heteroatoms. The minimum atomic E-state index is -0.664. The van der Waals surface area contributed by atoms with Gasteiger partial charge in [-0.05, 0) is 71.9 Å². The Morgan fingerprint density at radius 3 is 2.54 bits per heavy atom. The first-order chi connectivity index (χ1) is 16.4. The van der Waals surface area contributed by atoms with Crippen molar-refractivity contribution in [2.75, 3.05) is 18.9 Å². The molecule has 3 N–H and O–H groups in total. The van der Waals surface area contributed by atoms with Crippen molar-refractivity contribution in [3.63, 3.8) is 0 Å². The van der Waals surface area contributed by atoms with Gasteiger partial charge in [0.2, 0.25) is 11.8 Å². The number of hydrogen-bond acceptors (Lipinski definition) is 8. The van der Waals surface area contributed by atoms with Crippen molar-refractivity contribution in [1.29, 1.82) is 0 Å². The average molecular weight is 491 g/mol. The smallest absolute Gasteiger partial charge is 0.359 e. The standard InChI is InChI=1S/C25H38N4O6/c1-6-34-21(32)14-16(2)28-19(30)15-29(18-10-11-18)20(31)9-7-8-17-12-13-27-23(22(17)26)24(33)35-25(3,4)5/h12-13,16,18H,6-11,14-15,26H2,1-5H3,(H,28,30)/t16-/m1/s1. The Bertz CT molecular complexity index is 923. The molecule has 1 aromatic heterocycles. The number of anilines is 1. The zero-order valence-corrected chi connectivity index (χ0v) is 21.4. The van der Waals surface area contributed by atoms with Gasteiger partial charge in [0.15, 0.2) is 5.69 Å². The van der Waals surface area contributed by atoms with E-state index in [2.05, 4.69) is 10.3 Å². The molecule has 0 aromatic carbocycles. The van der Waals surface area contributed by atoms with Gasteiger partial charge in [0.1, 0.15) is 5.60 Å². The fraction of sp³-hybridized carbons (Fsp3) is 0.640.